The number of benzene rings is 1. The number of rotatable bonds is 2. The van der Waals surface area contributed by atoms with E-state index in [2.05, 4.69) is 10.1 Å². The zero-order valence-corrected chi connectivity index (χ0v) is 13.2. The van der Waals surface area contributed by atoms with Gasteiger partial charge in [-0.05, 0) is 24.6 Å². The fraction of sp³-hybridized carbons (Fsp3) is 0.235. The van der Waals surface area contributed by atoms with Gasteiger partial charge in [0.05, 0.1) is 17.7 Å². The second-order valence-corrected chi connectivity index (χ2v) is 5.76. The van der Waals surface area contributed by atoms with Crippen LogP contribution in [0.1, 0.15) is 27.9 Å². The number of aromatic nitrogens is 1. The van der Waals surface area contributed by atoms with Crippen LogP contribution in [-0.2, 0) is 0 Å². The van der Waals surface area contributed by atoms with Gasteiger partial charge in [0.15, 0.2) is 0 Å². The van der Waals surface area contributed by atoms with E-state index in [0.29, 0.717) is 5.56 Å². The third kappa shape index (κ3) is 3.00. The lowest BCUT2D eigenvalue weighted by atomic mass is 10.00. The van der Waals surface area contributed by atoms with Crippen LogP contribution in [0.25, 0.3) is 0 Å². The van der Waals surface area contributed by atoms with Crippen molar-refractivity contribution in [3.05, 3.63) is 65.5 Å². The van der Waals surface area contributed by atoms with Crippen molar-refractivity contribution in [2.24, 2.45) is 5.10 Å². The van der Waals surface area contributed by atoms with E-state index in [-0.39, 0.29) is 16.3 Å². The predicted molar refractivity (Wildman–Crippen MR) is 83.7 cm³/mol. The van der Waals surface area contributed by atoms with Crippen molar-refractivity contribution in [2.75, 3.05) is 0 Å². The van der Waals surface area contributed by atoms with Gasteiger partial charge in [0, 0.05) is 12.4 Å². The molecule has 1 aliphatic heterocycles. The first-order valence-corrected chi connectivity index (χ1v) is 7.40. The van der Waals surface area contributed by atoms with Crippen molar-refractivity contribution in [3.63, 3.8) is 0 Å². The van der Waals surface area contributed by atoms with E-state index in [4.69, 9.17) is 0 Å². The molecule has 3 rings (SSSR count). The van der Waals surface area contributed by atoms with E-state index in [1.807, 2.05) is 6.92 Å². The number of hydrogen-bond donors (Lipinski definition) is 1. The number of aliphatic hydroxyl groups is 1. The Bertz CT molecular complexity index is 819. The van der Waals surface area contributed by atoms with E-state index in [0.717, 1.165) is 11.8 Å². The Morgan fingerprint density at radius 2 is 1.92 bits per heavy atom. The molecule has 0 fully saturated rings. The fourth-order valence-corrected chi connectivity index (χ4v) is 2.50. The molecule has 1 aliphatic rings. The van der Waals surface area contributed by atoms with Crippen LogP contribution in [0.15, 0.2) is 53.9 Å². The van der Waals surface area contributed by atoms with E-state index in [9.17, 15) is 23.1 Å². The van der Waals surface area contributed by atoms with Crippen LogP contribution in [0.4, 0.5) is 13.2 Å². The predicted octanol–water partition coefficient (Wildman–Crippen LogP) is 2.89. The quantitative estimate of drug-likeness (QED) is 0.907. The monoisotopic (exact) mass is 349 g/mol. The van der Waals surface area contributed by atoms with Gasteiger partial charge in [0.25, 0.3) is 11.6 Å². The Morgan fingerprint density at radius 1 is 1.24 bits per heavy atom. The standard InChI is InChI=1S/C17H14F3N3O2/c1-11-4-6-12(7-5-11)14-9-16(25,17(18,19)20)23(22-14)15(24)13-3-2-8-21-10-13/h2-8,10,25H,9H2,1H3. The van der Waals surface area contributed by atoms with Gasteiger partial charge in [-0.15, -0.1) is 0 Å². The highest BCUT2D eigenvalue weighted by atomic mass is 19.4. The van der Waals surface area contributed by atoms with Crippen LogP contribution >= 0.6 is 0 Å². The minimum atomic E-state index is -5.07. The molecule has 0 radical (unpaired) electrons. The summed E-state index contributed by atoms with van der Waals surface area (Å²) in [7, 11) is 0. The first kappa shape index (κ1) is 17.1. The third-order valence-corrected chi connectivity index (χ3v) is 3.92. The number of hydrogen-bond acceptors (Lipinski definition) is 4. The minimum absolute atomic E-state index is 0.0166. The van der Waals surface area contributed by atoms with Gasteiger partial charge in [0.1, 0.15) is 0 Å². The maximum Gasteiger partial charge on any atom is 0.438 e. The number of halogens is 3. The van der Waals surface area contributed by atoms with Crippen LogP contribution < -0.4 is 0 Å². The first-order valence-electron chi connectivity index (χ1n) is 7.40. The summed E-state index contributed by atoms with van der Waals surface area (Å²) in [4.78, 5) is 16.2. The van der Waals surface area contributed by atoms with E-state index < -0.39 is 24.2 Å². The maximum absolute atomic E-state index is 13.5. The van der Waals surface area contributed by atoms with Crippen molar-refractivity contribution in [1.82, 2.24) is 9.99 Å². The van der Waals surface area contributed by atoms with Crippen molar-refractivity contribution in [1.29, 1.82) is 0 Å². The molecule has 1 amide bonds. The van der Waals surface area contributed by atoms with Gasteiger partial charge in [-0.25, -0.2) is 0 Å². The van der Waals surface area contributed by atoms with Crippen molar-refractivity contribution in [3.8, 4) is 0 Å². The van der Waals surface area contributed by atoms with Gasteiger partial charge < -0.3 is 5.11 Å². The molecule has 0 aliphatic carbocycles. The normalized spacial score (nSPS) is 20.5. The van der Waals surface area contributed by atoms with Gasteiger partial charge in [0.2, 0.25) is 0 Å². The van der Waals surface area contributed by atoms with Gasteiger partial charge in [-0.3, -0.25) is 9.78 Å². The Balaban J connectivity index is 2.04. The molecule has 2 heterocycles. The highest BCUT2D eigenvalue weighted by Crippen LogP contribution is 2.41. The zero-order valence-electron chi connectivity index (χ0n) is 13.2. The van der Waals surface area contributed by atoms with Crippen molar-refractivity contribution < 1.29 is 23.1 Å². The summed E-state index contributed by atoms with van der Waals surface area (Å²) in [6, 6.07) is 9.37. The molecule has 1 unspecified atom stereocenters. The number of alkyl halides is 3. The molecule has 0 spiro atoms. The van der Waals surface area contributed by atoms with Gasteiger partial charge in [-0.2, -0.15) is 23.3 Å². The first-order chi connectivity index (χ1) is 11.7. The lowest BCUT2D eigenvalue weighted by Crippen LogP contribution is -2.56. The summed E-state index contributed by atoms with van der Waals surface area (Å²) >= 11 is 0. The lowest BCUT2D eigenvalue weighted by Gasteiger charge is -2.32. The van der Waals surface area contributed by atoms with Crippen LogP contribution in [-0.4, -0.2) is 38.6 Å². The molecule has 2 aromatic rings. The number of pyridine rings is 1. The summed E-state index contributed by atoms with van der Waals surface area (Å²) in [6.45, 7) is 1.84. The number of nitrogens with zero attached hydrogens (tertiary/aromatic N) is 3. The van der Waals surface area contributed by atoms with E-state index in [1.54, 1.807) is 24.3 Å². The number of carbonyl (C=O) groups excluding carboxylic acids is 1. The number of carbonyl (C=O) groups is 1. The van der Waals surface area contributed by atoms with Crippen LogP contribution in [0.2, 0.25) is 0 Å². The van der Waals surface area contributed by atoms with E-state index >= 15 is 0 Å². The molecular formula is C17H14F3N3O2. The molecule has 130 valence electrons. The number of hydrazone groups is 1. The molecule has 0 saturated carbocycles. The topological polar surface area (TPSA) is 65.8 Å². The summed E-state index contributed by atoms with van der Waals surface area (Å²) in [5, 5.41) is 14.1. The zero-order chi connectivity index (χ0) is 18.2. The Labute approximate surface area is 141 Å². The Hall–Kier alpha value is -2.74. The summed E-state index contributed by atoms with van der Waals surface area (Å²) in [5.41, 5.74) is -2.18. The molecule has 0 saturated heterocycles. The largest absolute Gasteiger partial charge is 0.438 e. The SMILES string of the molecule is Cc1ccc(C2=NN(C(=O)c3cccnc3)C(O)(C(F)(F)F)C2)cc1. The molecule has 8 heteroatoms. The molecule has 1 N–H and O–H groups in total. The minimum Gasteiger partial charge on any atom is -0.362 e. The van der Waals surface area contributed by atoms with Crippen molar-refractivity contribution in [2.45, 2.75) is 25.2 Å². The fourth-order valence-electron chi connectivity index (χ4n) is 2.50. The highest BCUT2D eigenvalue weighted by Gasteiger charge is 2.63. The van der Waals surface area contributed by atoms with Crippen LogP contribution in [0.5, 0.6) is 0 Å². The van der Waals surface area contributed by atoms with Crippen LogP contribution in [0.3, 0.4) is 0 Å². The molecule has 5 nitrogen and oxygen atoms in total. The molecule has 1 aromatic heterocycles. The van der Waals surface area contributed by atoms with Gasteiger partial charge in [-0.1, -0.05) is 29.8 Å². The van der Waals surface area contributed by atoms with Crippen molar-refractivity contribution >= 4 is 11.6 Å². The highest BCUT2D eigenvalue weighted by molar-refractivity contribution is 6.05. The number of amides is 1. The number of aryl methyl sites for hydroxylation is 1. The summed E-state index contributed by atoms with van der Waals surface area (Å²) in [5.74, 6) is -1.07. The molecule has 0 bridgehead atoms. The second-order valence-electron chi connectivity index (χ2n) is 5.76. The molecule has 25 heavy (non-hydrogen) atoms. The third-order valence-electron chi connectivity index (χ3n) is 3.92. The molecule has 1 atom stereocenters. The van der Waals surface area contributed by atoms with E-state index in [1.165, 1.54) is 18.3 Å². The molecule has 1 aromatic carbocycles. The molecular weight excluding hydrogens is 335 g/mol. The smallest absolute Gasteiger partial charge is 0.362 e. The van der Waals surface area contributed by atoms with Gasteiger partial charge >= 0.3 is 6.18 Å². The average molecular weight is 349 g/mol. The maximum atomic E-state index is 13.5. The Kier molecular flexibility index (Phi) is 4.08. The second kappa shape index (κ2) is 5.96. The van der Waals surface area contributed by atoms with Crippen LogP contribution in [0, 0.1) is 6.92 Å². The average Bonchev–Trinajstić information content (AvgIpc) is 2.94. The Morgan fingerprint density at radius 3 is 2.48 bits per heavy atom. The summed E-state index contributed by atoms with van der Waals surface area (Å²) in [6.07, 6.45) is -3.40. The summed E-state index contributed by atoms with van der Waals surface area (Å²) < 4.78 is 40.5. The lowest BCUT2D eigenvalue weighted by molar-refractivity contribution is -0.297.